The third-order valence-corrected chi connectivity index (χ3v) is 9.60. The Hall–Kier alpha value is -5.78. The Kier molecular flexibility index (Phi) is 24.3. The zero-order valence-corrected chi connectivity index (χ0v) is 36.5. The highest BCUT2D eigenvalue weighted by molar-refractivity contribution is 5.97. The molecule has 0 saturated heterocycles. The fourth-order valence-corrected chi connectivity index (χ4v) is 6.28. The summed E-state index contributed by atoms with van der Waals surface area (Å²) in [6.45, 7) is 17.8. The monoisotopic (exact) mass is 857 g/mol. The first-order valence-corrected chi connectivity index (χ1v) is 20.6. The Balaban J connectivity index is 2.51. The molecule has 18 heteroatoms. The summed E-state index contributed by atoms with van der Waals surface area (Å²) in [6, 6.07) is 3.86. The summed E-state index contributed by atoms with van der Waals surface area (Å²) in [6.07, 6.45) is 0.904. The molecule has 0 aliphatic rings. The second-order valence-corrected chi connectivity index (χ2v) is 15.8. The molecule has 1 rings (SSSR count). The van der Waals surface area contributed by atoms with Crippen molar-refractivity contribution in [3.8, 4) is 0 Å². The second-order valence-electron chi connectivity index (χ2n) is 15.8. The summed E-state index contributed by atoms with van der Waals surface area (Å²) < 4.78 is 5.34. The van der Waals surface area contributed by atoms with Crippen LogP contribution < -0.4 is 37.2 Å². The van der Waals surface area contributed by atoms with Crippen molar-refractivity contribution in [1.29, 1.82) is 0 Å². The van der Waals surface area contributed by atoms with Crippen molar-refractivity contribution in [3.05, 3.63) is 54.3 Å². The van der Waals surface area contributed by atoms with Crippen LogP contribution in [-0.2, 0) is 38.3 Å². The van der Waals surface area contributed by atoms with E-state index < -0.39 is 59.5 Å². The van der Waals surface area contributed by atoms with E-state index in [0.29, 0.717) is 12.0 Å². The average molecular weight is 858 g/mol. The SMILES string of the molecule is C=C(CCC(NC(=O)CC(C)(C)C(NC(=O)CCCC(=O)NC)C(C)C)C(=O)O)NC(CC(=O)C(=C)CCOCC(=O)NCCNC(=O)c1ccc(NCCC)cc1)C(=O)O. The lowest BCUT2D eigenvalue weighted by Crippen LogP contribution is -2.51. The number of hydrogen-bond acceptors (Lipinski definition) is 11. The molecule has 0 aliphatic heterocycles. The molecule has 340 valence electrons. The molecule has 18 nitrogen and oxygen atoms in total. The van der Waals surface area contributed by atoms with E-state index in [1.54, 1.807) is 26.0 Å². The molecule has 0 spiro atoms. The Bertz CT molecular complexity index is 1680. The number of amides is 5. The number of ether oxygens (including phenoxy) is 1. The maximum Gasteiger partial charge on any atom is 0.326 e. The highest BCUT2D eigenvalue weighted by atomic mass is 16.5. The van der Waals surface area contributed by atoms with Gasteiger partial charge in [-0.2, -0.15) is 0 Å². The van der Waals surface area contributed by atoms with Gasteiger partial charge in [-0.25, -0.2) is 9.59 Å². The Morgan fingerprint density at radius 2 is 1.38 bits per heavy atom. The van der Waals surface area contributed by atoms with Crippen molar-refractivity contribution in [2.24, 2.45) is 11.3 Å². The topological polar surface area (TPSA) is 270 Å². The van der Waals surface area contributed by atoms with Crippen LogP contribution in [-0.4, -0.2) is 115 Å². The van der Waals surface area contributed by atoms with E-state index in [2.05, 4.69) is 57.3 Å². The smallest absolute Gasteiger partial charge is 0.326 e. The Morgan fingerprint density at radius 1 is 0.754 bits per heavy atom. The number of aliphatic carboxylic acids is 2. The third-order valence-electron chi connectivity index (χ3n) is 9.60. The van der Waals surface area contributed by atoms with Gasteiger partial charge in [0.1, 0.15) is 18.7 Å². The summed E-state index contributed by atoms with van der Waals surface area (Å²) in [5, 5.41) is 38.8. The van der Waals surface area contributed by atoms with Crippen molar-refractivity contribution >= 4 is 52.9 Å². The molecule has 0 saturated carbocycles. The van der Waals surface area contributed by atoms with Crippen LogP contribution in [0.4, 0.5) is 5.69 Å². The van der Waals surface area contributed by atoms with E-state index in [1.807, 2.05) is 26.0 Å². The molecule has 1 aromatic carbocycles. The van der Waals surface area contributed by atoms with Crippen LogP contribution in [0.2, 0.25) is 0 Å². The van der Waals surface area contributed by atoms with Gasteiger partial charge in [0.2, 0.25) is 23.6 Å². The normalized spacial score (nSPS) is 12.5. The molecular weight excluding hydrogens is 791 g/mol. The molecule has 1 aromatic rings. The lowest BCUT2D eigenvalue weighted by molar-refractivity contribution is -0.142. The maximum absolute atomic E-state index is 13.1. The number of carbonyl (C=O) groups is 8. The predicted molar refractivity (Wildman–Crippen MR) is 230 cm³/mol. The molecule has 0 aromatic heterocycles. The number of carboxylic acids is 2. The molecule has 0 aliphatic carbocycles. The molecule has 0 fully saturated rings. The Labute approximate surface area is 358 Å². The molecule has 61 heavy (non-hydrogen) atoms. The maximum atomic E-state index is 13.1. The van der Waals surface area contributed by atoms with Crippen LogP contribution in [0.25, 0.3) is 0 Å². The molecule has 0 heterocycles. The number of rotatable bonds is 32. The van der Waals surface area contributed by atoms with Gasteiger partial charge >= 0.3 is 11.9 Å². The minimum atomic E-state index is -1.41. The van der Waals surface area contributed by atoms with Crippen LogP contribution in [0.3, 0.4) is 0 Å². The van der Waals surface area contributed by atoms with Crippen molar-refractivity contribution in [1.82, 2.24) is 31.9 Å². The number of allylic oxidation sites excluding steroid dienone is 1. The number of Topliss-reactive ketones (excluding diaryl/α,β-unsaturated/α-hetero) is 1. The lowest BCUT2D eigenvalue weighted by atomic mass is 9.75. The van der Waals surface area contributed by atoms with Crippen molar-refractivity contribution < 1.29 is 53.3 Å². The zero-order valence-electron chi connectivity index (χ0n) is 36.5. The van der Waals surface area contributed by atoms with Crippen molar-refractivity contribution in [2.45, 2.75) is 111 Å². The highest BCUT2D eigenvalue weighted by Crippen LogP contribution is 2.30. The second kappa shape index (κ2) is 27.9. The van der Waals surface area contributed by atoms with E-state index in [4.69, 9.17) is 4.74 Å². The van der Waals surface area contributed by atoms with Crippen LogP contribution in [0.1, 0.15) is 103 Å². The van der Waals surface area contributed by atoms with Gasteiger partial charge in [0.25, 0.3) is 5.91 Å². The Morgan fingerprint density at radius 3 is 1.97 bits per heavy atom. The number of anilines is 1. The number of carbonyl (C=O) groups excluding carboxylic acids is 6. The molecule has 3 atom stereocenters. The van der Waals surface area contributed by atoms with Crippen molar-refractivity contribution in [2.75, 3.05) is 45.2 Å². The van der Waals surface area contributed by atoms with Gasteiger partial charge in [0.15, 0.2) is 5.78 Å². The average Bonchev–Trinajstić information content (AvgIpc) is 3.19. The fourth-order valence-electron chi connectivity index (χ4n) is 6.28. The van der Waals surface area contributed by atoms with Gasteiger partial charge in [-0.1, -0.05) is 47.8 Å². The number of carboxylic acid groups (broad SMARTS) is 2. The first-order valence-electron chi connectivity index (χ1n) is 20.6. The molecule has 9 N–H and O–H groups in total. The predicted octanol–water partition coefficient (Wildman–Crippen LogP) is 2.66. The summed E-state index contributed by atoms with van der Waals surface area (Å²) in [5.74, 6) is -5.03. The molecule has 0 radical (unpaired) electrons. The van der Waals surface area contributed by atoms with Gasteiger partial charge in [0, 0.05) is 75.4 Å². The lowest BCUT2D eigenvalue weighted by Gasteiger charge is -2.37. The first-order chi connectivity index (χ1) is 28.7. The number of ketones is 1. The largest absolute Gasteiger partial charge is 0.480 e. The molecule has 3 unspecified atom stereocenters. The van der Waals surface area contributed by atoms with E-state index in [0.717, 1.165) is 18.7 Å². The van der Waals surface area contributed by atoms with Crippen molar-refractivity contribution in [3.63, 3.8) is 0 Å². The zero-order chi connectivity index (χ0) is 46.1. The fraction of sp³-hybridized carbons (Fsp3) is 0.581. The van der Waals surface area contributed by atoms with Crippen LogP contribution in [0.5, 0.6) is 0 Å². The van der Waals surface area contributed by atoms with Gasteiger partial charge in [0.05, 0.1) is 6.61 Å². The summed E-state index contributed by atoms with van der Waals surface area (Å²) in [7, 11) is 1.52. The van der Waals surface area contributed by atoms with Gasteiger partial charge in [-0.15, -0.1) is 0 Å². The quantitative estimate of drug-likeness (QED) is 0.0373. The summed E-state index contributed by atoms with van der Waals surface area (Å²) >= 11 is 0. The molecule has 0 bridgehead atoms. The molecule has 5 amide bonds. The van der Waals surface area contributed by atoms with Crippen LogP contribution in [0, 0.1) is 11.3 Å². The van der Waals surface area contributed by atoms with E-state index in [1.165, 1.54) is 7.05 Å². The first kappa shape index (κ1) is 53.2. The van der Waals surface area contributed by atoms with Gasteiger partial charge < -0.3 is 52.2 Å². The number of benzene rings is 1. The summed E-state index contributed by atoms with van der Waals surface area (Å²) in [4.78, 5) is 98.6. The standard InChI is InChI=1S/C43H67N7O11/c1-9-20-45-31-16-14-30(15-17-31)40(56)47-22-21-46-38(55)26-61-23-19-28(4)34(51)24-33(42(59)60)48-29(5)13-18-32(41(57)58)49-37(54)25-43(6,7)39(27(2)3)50-36(53)12-10-11-35(52)44-8/h14-17,27,32-33,39,45,48H,4-5,9-13,18-26H2,1-3,6-8H3,(H,44,52)(H,46,55)(H,47,56)(H,49,54)(H,50,53)(H,57,58)(H,59,60). The van der Waals surface area contributed by atoms with E-state index in [-0.39, 0.29) is 99.7 Å². The van der Waals surface area contributed by atoms with E-state index in [9.17, 15) is 48.6 Å². The number of hydrogen-bond donors (Lipinski definition) is 9. The van der Waals surface area contributed by atoms with Gasteiger partial charge in [-0.3, -0.25) is 28.8 Å². The van der Waals surface area contributed by atoms with Crippen LogP contribution >= 0.6 is 0 Å². The minimum Gasteiger partial charge on any atom is -0.480 e. The minimum absolute atomic E-state index is 0.0302. The molecular formula is C43H67N7O11. The van der Waals surface area contributed by atoms with E-state index >= 15 is 0 Å². The number of nitrogens with one attached hydrogen (secondary N) is 7. The van der Waals surface area contributed by atoms with Gasteiger partial charge in [-0.05, 0) is 73.3 Å². The summed E-state index contributed by atoms with van der Waals surface area (Å²) in [5.41, 5.74) is 0.833. The third kappa shape index (κ3) is 21.9. The highest BCUT2D eigenvalue weighted by Gasteiger charge is 2.36. The van der Waals surface area contributed by atoms with Crippen LogP contribution in [0.15, 0.2) is 48.7 Å².